The molecular weight excluding hydrogens is 398 g/mol. The molecule has 4 rings (SSSR count). The highest BCUT2D eigenvalue weighted by Gasteiger charge is 2.35. The number of amides is 1. The number of rotatable bonds is 5. The van der Waals surface area contributed by atoms with Crippen molar-refractivity contribution in [1.82, 2.24) is 9.99 Å². The van der Waals surface area contributed by atoms with Gasteiger partial charge >= 0.3 is 5.97 Å². The number of thiophene rings is 1. The van der Waals surface area contributed by atoms with Crippen LogP contribution in [0.15, 0.2) is 52.9 Å². The third-order valence-corrected chi connectivity index (χ3v) is 5.81. The number of hydrogen-bond acceptors (Lipinski definition) is 5. The zero-order valence-electron chi connectivity index (χ0n) is 14.7. The number of para-hydroxylation sites is 1. The van der Waals surface area contributed by atoms with E-state index in [-0.39, 0.29) is 18.7 Å². The molecular formula is C20H16ClN3O3S. The van der Waals surface area contributed by atoms with Gasteiger partial charge in [-0.2, -0.15) is 5.10 Å². The Labute approximate surface area is 170 Å². The van der Waals surface area contributed by atoms with Crippen LogP contribution in [0.1, 0.15) is 35.7 Å². The standard InChI is InChI=1S/C20H16ClN3O3S/c21-20-13(10-12-4-1-2-5-14(12)22-20)16-11-15(17-6-3-9-28-17)23-24(16)18(25)7-8-19(26)27/h1-6,9-10,16H,7-8,11H2,(H,26,27)/t16-/m1/s1. The van der Waals surface area contributed by atoms with Crippen molar-refractivity contribution in [2.45, 2.75) is 25.3 Å². The van der Waals surface area contributed by atoms with E-state index in [0.29, 0.717) is 17.1 Å². The lowest BCUT2D eigenvalue weighted by Gasteiger charge is -2.22. The van der Waals surface area contributed by atoms with Crippen LogP contribution >= 0.6 is 22.9 Å². The number of aliphatic carboxylic acids is 1. The van der Waals surface area contributed by atoms with E-state index >= 15 is 0 Å². The molecule has 1 amide bonds. The predicted octanol–water partition coefficient (Wildman–Crippen LogP) is 4.49. The Morgan fingerprint density at radius 1 is 1.21 bits per heavy atom. The number of halogens is 1. The molecule has 1 aliphatic rings. The van der Waals surface area contributed by atoms with E-state index in [1.54, 1.807) is 11.3 Å². The first kappa shape index (κ1) is 18.6. The molecule has 1 aliphatic heterocycles. The van der Waals surface area contributed by atoms with E-state index in [1.807, 2.05) is 47.8 Å². The van der Waals surface area contributed by atoms with E-state index in [1.165, 1.54) is 5.01 Å². The first-order valence-electron chi connectivity index (χ1n) is 8.73. The van der Waals surface area contributed by atoms with Crippen molar-refractivity contribution in [3.05, 3.63) is 63.4 Å². The molecule has 6 nitrogen and oxygen atoms in total. The van der Waals surface area contributed by atoms with Crippen molar-refractivity contribution in [2.75, 3.05) is 0 Å². The second kappa shape index (κ2) is 7.69. The van der Waals surface area contributed by atoms with E-state index in [9.17, 15) is 9.59 Å². The Morgan fingerprint density at radius 3 is 2.79 bits per heavy atom. The summed E-state index contributed by atoms with van der Waals surface area (Å²) in [5.74, 6) is -1.36. The van der Waals surface area contributed by atoms with Gasteiger partial charge in [-0.05, 0) is 23.6 Å². The molecule has 0 saturated carbocycles. The molecule has 28 heavy (non-hydrogen) atoms. The first-order chi connectivity index (χ1) is 13.5. The van der Waals surface area contributed by atoms with Crippen molar-refractivity contribution >= 4 is 51.4 Å². The van der Waals surface area contributed by atoms with Gasteiger partial charge in [0.2, 0.25) is 5.91 Å². The van der Waals surface area contributed by atoms with Crippen LogP contribution in [0.5, 0.6) is 0 Å². The molecule has 0 radical (unpaired) electrons. The fourth-order valence-corrected chi connectivity index (χ4v) is 4.24. The number of carbonyl (C=O) groups is 2. The molecule has 1 atom stereocenters. The molecule has 0 bridgehead atoms. The van der Waals surface area contributed by atoms with Gasteiger partial charge in [-0.1, -0.05) is 35.9 Å². The van der Waals surface area contributed by atoms with Gasteiger partial charge in [-0.15, -0.1) is 11.3 Å². The van der Waals surface area contributed by atoms with Gasteiger partial charge in [0.25, 0.3) is 0 Å². The van der Waals surface area contributed by atoms with Crippen LogP contribution in [-0.4, -0.2) is 32.7 Å². The Hall–Kier alpha value is -2.77. The normalized spacial score (nSPS) is 16.4. The summed E-state index contributed by atoms with van der Waals surface area (Å²) in [6.45, 7) is 0. The number of nitrogens with zero attached hydrogens (tertiary/aromatic N) is 3. The Bertz CT molecular complexity index is 1080. The largest absolute Gasteiger partial charge is 0.481 e. The van der Waals surface area contributed by atoms with Gasteiger partial charge in [-0.3, -0.25) is 9.59 Å². The molecule has 1 aromatic carbocycles. The van der Waals surface area contributed by atoms with Crippen molar-refractivity contribution in [1.29, 1.82) is 0 Å². The second-order valence-corrected chi connectivity index (χ2v) is 7.74. The van der Waals surface area contributed by atoms with Crippen molar-refractivity contribution in [3.63, 3.8) is 0 Å². The lowest BCUT2D eigenvalue weighted by molar-refractivity contribution is -0.141. The van der Waals surface area contributed by atoms with Crippen LogP contribution in [0, 0.1) is 0 Å². The average Bonchev–Trinajstić information content (AvgIpc) is 3.35. The lowest BCUT2D eigenvalue weighted by Crippen LogP contribution is -2.27. The summed E-state index contributed by atoms with van der Waals surface area (Å²) in [5.41, 5.74) is 2.27. The molecule has 0 unspecified atom stereocenters. The topological polar surface area (TPSA) is 82.9 Å². The number of hydrogen-bond donors (Lipinski definition) is 1. The highest BCUT2D eigenvalue weighted by molar-refractivity contribution is 7.12. The van der Waals surface area contributed by atoms with Gasteiger partial charge in [0.1, 0.15) is 5.15 Å². The third kappa shape index (κ3) is 3.63. The summed E-state index contributed by atoms with van der Waals surface area (Å²) < 4.78 is 0. The van der Waals surface area contributed by atoms with Crippen molar-refractivity contribution in [2.24, 2.45) is 5.10 Å². The van der Waals surface area contributed by atoms with Gasteiger partial charge in [0.15, 0.2) is 0 Å². The van der Waals surface area contributed by atoms with Crippen LogP contribution in [0.25, 0.3) is 10.9 Å². The third-order valence-electron chi connectivity index (χ3n) is 4.59. The minimum atomic E-state index is -1.02. The van der Waals surface area contributed by atoms with Crippen molar-refractivity contribution in [3.8, 4) is 0 Å². The van der Waals surface area contributed by atoms with Crippen molar-refractivity contribution < 1.29 is 14.7 Å². The summed E-state index contributed by atoms with van der Waals surface area (Å²) in [7, 11) is 0. The summed E-state index contributed by atoms with van der Waals surface area (Å²) in [5, 5.41) is 18.0. The Kier molecular flexibility index (Phi) is 5.11. The van der Waals surface area contributed by atoms with Crippen LogP contribution < -0.4 is 0 Å². The van der Waals surface area contributed by atoms with Gasteiger partial charge in [-0.25, -0.2) is 9.99 Å². The van der Waals surface area contributed by atoms with Crippen LogP contribution in [0.2, 0.25) is 5.15 Å². The molecule has 8 heteroatoms. The van der Waals surface area contributed by atoms with Gasteiger partial charge in [0.05, 0.1) is 28.6 Å². The van der Waals surface area contributed by atoms with E-state index < -0.39 is 12.0 Å². The minimum Gasteiger partial charge on any atom is -0.481 e. The fraction of sp³-hybridized carbons (Fsp3) is 0.200. The molecule has 3 heterocycles. The molecule has 0 aliphatic carbocycles. The SMILES string of the molecule is O=C(O)CCC(=O)N1N=C(c2cccs2)C[C@@H]1c1cc2ccccc2nc1Cl. The van der Waals surface area contributed by atoms with Gasteiger partial charge < -0.3 is 5.11 Å². The molecule has 0 spiro atoms. The number of carboxylic acid groups (broad SMARTS) is 1. The average molecular weight is 414 g/mol. The predicted molar refractivity (Wildman–Crippen MR) is 109 cm³/mol. The number of aromatic nitrogens is 1. The maximum absolute atomic E-state index is 12.7. The number of carbonyl (C=O) groups excluding carboxylic acids is 1. The fourth-order valence-electron chi connectivity index (χ4n) is 3.24. The quantitative estimate of drug-likeness (QED) is 0.624. The summed E-state index contributed by atoms with van der Waals surface area (Å²) >= 11 is 8.01. The van der Waals surface area contributed by atoms with Crippen LogP contribution in [-0.2, 0) is 9.59 Å². The number of fused-ring (bicyclic) bond motifs is 1. The molecule has 142 valence electrons. The zero-order valence-corrected chi connectivity index (χ0v) is 16.3. The first-order valence-corrected chi connectivity index (χ1v) is 9.99. The molecule has 3 aromatic rings. The van der Waals surface area contributed by atoms with E-state index in [4.69, 9.17) is 16.7 Å². The zero-order chi connectivity index (χ0) is 19.7. The maximum atomic E-state index is 12.7. The number of benzene rings is 1. The summed E-state index contributed by atoms with van der Waals surface area (Å²) in [6.07, 6.45) is 0.139. The molecule has 2 aromatic heterocycles. The second-order valence-electron chi connectivity index (χ2n) is 6.44. The lowest BCUT2D eigenvalue weighted by atomic mass is 10.0. The monoisotopic (exact) mass is 413 g/mol. The molecule has 0 fully saturated rings. The Morgan fingerprint density at radius 2 is 2.04 bits per heavy atom. The molecule has 0 saturated heterocycles. The Balaban J connectivity index is 1.72. The van der Waals surface area contributed by atoms with E-state index in [2.05, 4.69) is 10.1 Å². The molecule has 1 N–H and O–H groups in total. The van der Waals surface area contributed by atoms with Crippen LogP contribution in [0.4, 0.5) is 0 Å². The summed E-state index contributed by atoms with van der Waals surface area (Å²) in [6, 6.07) is 13.0. The van der Waals surface area contributed by atoms with Crippen LogP contribution in [0.3, 0.4) is 0 Å². The smallest absolute Gasteiger partial charge is 0.303 e. The van der Waals surface area contributed by atoms with E-state index in [0.717, 1.165) is 21.5 Å². The minimum absolute atomic E-state index is 0.119. The number of hydrazone groups is 1. The maximum Gasteiger partial charge on any atom is 0.303 e. The number of carboxylic acids is 1. The highest BCUT2D eigenvalue weighted by atomic mass is 35.5. The number of pyridine rings is 1. The highest BCUT2D eigenvalue weighted by Crippen LogP contribution is 2.38. The van der Waals surface area contributed by atoms with Gasteiger partial charge in [0, 0.05) is 23.8 Å². The summed E-state index contributed by atoms with van der Waals surface area (Å²) in [4.78, 5) is 29.0.